The van der Waals surface area contributed by atoms with Crippen LogP contribution in [0.3, 0.4) is 0 Å². The van der Waals surface area contributed by atoms with E-state index < -0.39 is 0 Å². The number of nitrogens with zero attached hydrogens (tertiary/aromatic N) is 1. The van der Waals surface area contributed by atoms with Crippen LogP contribution in [-0.4, -0.2) is 9.55 Å². The summed E-state index contributed by atoms with van der Waals surface area (Å²) in [6, 6.07) is 14.7. The minimum absolute atomic E-state index is 0.223. The summed E-state index contributed by atoms with van der Waals surface area (Å²) < 4.78 is 2.88. The SMILES string of the molecule is CCC(c1ccc(C)c(C)c1)n1cc(-c2cccc(Cl)c2)[nH]c1=S. The first kappa shape index (κ1) is 17.0. The van der Waals surface area contributed by atoms with Crippen LogP contribution in [0.2, 0.25) is 5.02 Å². The van der Waals surface area contributed by atoms with Crippen molar-refractivity contribution in [3.63, 3.8) is 0 Å². The number of aromatic nitrogens is 2. The molecule has 1 unspecified atom stereocenters. The molecule has 0 bridgehead atoms. The number of hydrogen-bond donors (Lipinski definition) is 1. The van der Waals surface area contributed by atoms with Crippen LogP contribution < -0.4 is 0 Å². The van der Waals surface area contributed by atoms with Crippen molar-refractivity contribution in [1.29, 1.82) is 0 Å². The van der Waals surface area contributed by atoms with Gasteiger partial charge in [0.25, 0.3) is 0 Å². The molecule has 3 aromatic rings. The zero-order valence-corrected chi connectivity index (χ0v) is 15.7. The van der Waals surface area contributed by atoms with Crippen molar-refractivity contribution in [3.8, 4) is 11.3 Å². The lowest BCUT2D eigenvalue weighted by Gasteiger charge is -2.18. The molecule has 1 heterocycles. The quantitative estimate of drug-likeness (QED) is 0.530. The standard InChI is InChI=1S/C20H21ClN2S/c1-4-19(16-9-8-13(2)14(3)10-16)23-12-18(22-20(23)24)15-6-5-7-17(21)11-15/h5-12,19H,4H2,1-3H3,(H,22,24). The maximum Gasteiger partial charge on any atom is 0.178 e. The second-order valence-corrected chi connectivity index (χ2v) is 6.98. The molecule has 0 aliphatic carbocycles. The Morgan fingerprint density at radius 3 is 2.58 bits per heavy atom. The molecule has 0 radical (unpaired) electrons. The highest BCUT2D eigenvalue weighted by Gasteiger charge is 2.15. The summed E-state index contributed by atoms with van der Waals surface area (Å²) in [5.41, 5.74) is 5.94. The summed E-state index contributed by atoms with van der Waals surface area (Å²) in [6.45, 7) is 6.48. The number of benzene rings is 2. The van der Waals surface area contributed by atoms with Gasteiger partial charge in [0, 0.05) is 16.8 Å². The fourth-order valence-electron chi connectivity index (χ4n) is 3.01. The number of aryl methyl sites for hydroxylation is 2. The van der Waals surface area contributed by atoms with E-state index in [4.69, 9.17) is 23.8 Å². The Morgan fingerprint density at radius 2 is 1.92 bits per heavy atom. The number of hydrogen-bond acceptors (Lipinski definition) is 1. The van der Waals surface area contributed by atoms with E-state index in [9.17, 15) is 0 Å². The van der Waals surface area contributed by atoms with Crippen molar-refractivity contribution < 1.29 is 0 Å². The number of H-pyrrole nitrogens is 1. The maximum atomic E-state index is 6.11. The van der Waals surface area contributed by atoms with Gasteiger partial charge in [-0.3, -0.25) is 0 Å². The van der Waals surface area contributed by atoms with E-state index in [1.54, 1.807) is 0 Å². The fourth-order valence-corrected chi connectivity index (χ4v) is 3.49. The van der Waals surface area contributed by atoms with Crippen molar-refractivity contribution in [1.82, 2.24) is 9.55 Å². The predicted molar refractivity (Wildman–Crippen MR) is 104 cm³/mol. The van der Waals surface area contributed by atoms with Crippen LogP contribution >= 0.6 is 23.8 Å². The van der Waals surface area contributed by atoms with E-state index in [0.29, 0.717) is 0 Å². The lowest BCUT2D eigenvalue weighted by molar-refractivity contribution is 0.559. The molecular formula is C20H21ClN2S. The zero-order valence-electron chi connectivity index (χ0n) is 14.1. The number of rotatable bonds is 4. The minimum atomic E-state index is 0.223. The lowest BCUT2D eigenvalue weighted by atomic mass is 9.99. The molecule has 2 nitrogen and oxygen atoms in total. The average molecular weight is 357 g/mol. The first-order chi connectivity index (χ1) is 11.5. The Kier molecular flexibility index (Phi) is 4.93. The van der Waals surface area contributed by atoms with Gasteiger partial charge in [-0.2, -0.15) is 0 Å². The van der Waals surface area contributed by atoms with E-state index in [2.05, 4.69) is 54.7 Å². The van der Waals surface area contributed by atoms with Crippen molar-refractivity contribution in [2.75, 3.05) is 0 Å². The van der Waals surface area contributed by atoms with Gasteiger partial charge >= 0.3 is 0 Å². The van der Waals surface area contributed by atoms with Crippen molar-refractivity contribution >= 4 is 23.8 Å². The van der Waals surface area contributed by atoms with Crippen molar-refractivity contribution in [3.05, 3.63) is 75.1 Å². The molecule has 1 N–H and O–H groups in total. The third-order valence-corrected chi connectivity index (χ3v) is 5.07. The first-order valence-corrected chi connectivity index (χ1v) is 8.92. The zero-order chi connectivity index (χ0) is 17.3. The molecule has 0 saturated heterocycles. The first-order valence-electron chi connectivity index (χ1n) is 8.14. The fraction of sp³-hybridized carbons (Fsp3) is 0.250. The van der Waals surface area contributed by atoms with Crippen LogP contribution in [0.25, 0.3) is 11.3 Å². The highest BCUT2D eigenvalue weighted by atomic mass is 35.5. The van der Waals surface area contributed by atoms with Crippen LogP contribution in [0.5, 0.6) is 0 Å². The van der Waals surface area contributed by atoms with Crippen LogP contribution in [-0.2, 0) is 0 Å². The molecule has 0 amide bonds. The molecule has 3 rings (SSSR count). The molecule has 0 aliphatic heterocycles. The van der Waals surface area contributed by atoms with E-state index >= 15 is 0 Å². The highest BCUT2D eigenvalue weighted by Crippen LogP contribution is 2.28. The van der Waals surface area contributed by atoms with E-state index in [-0.39, 0.29) is 6.04 Å². The summed E-state index contributed by atoms with van der Waals surface area (Å²) in [4.78, 5) is 3.32. The van der Waals surface area contributed by atoms with E-state index in [1.807, 2.05) is 24.3 Å². The second kappa shape index (κ2) is 6.96. The summed E-state index contributed by atoms with van der Waals surface area (Å²) in [5.74, 6) is 0. The van der Waals surface area contributed by atoms with Gasteiger partial charge < -0.3 is 9.55 Å². The molecule has 1 atom stereocenters. The van der Waals surface area contributed by atoms with Gasteiger partial charge in [-0.25, -0.2) is 0 Å². The highest BCUT2D eigenvalue weighted by molar-refractivity contribution is 7.71. The smallest absolute Gasteiger partial charge is 0.178 e. The van der Waals surface area contributed by atoms with Crippen molar-refractivity contribution in [2.24, 2.45) is 0 Å². The number of aromatic amines is 1. The number of halogens is 1. The molecule has 2 aromatic carbocycles. The van der Waals surface area contributed by atoms with Crippen LogP contribution in [0.15, 0.2) is 48.7 Å². The Bertz CT molecular complexity index is 923. The van der Waals surface area contributed by atoms with Gasteiger partial charge in [-0.1, -0.05) is 48.9 Å². The van der Waals surface area contributed by atoms with Gasteiger partial charge in [0.1, 0.15) is 0 Å². The van der Waals surface area contributed by atoms with Gasteiger partial charge in [0.2, 0.25) is 0 Å². The number of imidazole rings is 1. The Balaban J connectivity index is 2.04. The predicted octanol–water partition coefficient (Wildman–Crippen LogP) is 6.48. The van der Waals surface area contributed by atoms with Gasteiger partial charge in [-0.05, 0) is 61.3 Å². The molecule has 0 saturated carbocycles. The van der Waals surface area contributed by atoms with Crippen molar-refractivity contribution in [2.45, 2.75) is 33.2 Å². The third-order valence-electron chi connectivity index (χ3n) is 4.52. The molecule has 0 fully saturated rings. The summed E-state index contributed by atoms with van der Waals surface area (Å²) in [5, 5.41) is 0.723. The monoisotopic (exact) mass is 356 g/mol. The largest absolute Gasteiger partial charge is 0.331 e. The molecule has 0 spiro atoms. The maximum absolute atomic E-state index is 6.11. The summed E-state index contributed by atoms with van der Waals surface area (Å²) in [7, 11) is 0. The lowest BCUT2D eigenvalue weighted by Crippen LogP contribution is -2.09. The van der Waals surface area contributed by atoms with Crippen LogP contribution in [0, 0.1) is 18.6 Å². The van der Waals surface area contributed by atoms with E-state index in [1.165, 1.54) is 16.7 Å². The molecule has 0 aliphatic rings. The Hall–Kier alpha value is -1.84. The molecule has 124 valence electrons. The molecular weight excluding hydrogens is 336 g/mol. The summed E-state index contributed by atoms with van der Waals surface area (Å²) >= 11 is 11.7. The Labute approximate surface area is 153 Å². The number of nitrogens with one attached hydrogen (secondary N) is 1. The second-order valence-electron chi connectivity index (χ2n) is 6.16. The molecule has 24 heavy (non-hydrogen) atoms. The Morgan fingerprint density at radius 1 is 1.12 bits per heavy atom. The molecule has 1 aromatic heterocycles. The summed E-state index contributed by atoms with van der Waals surface area (Å²) in [6.07, 6.45) is 3.07. The van der Waals surface area contributed by atoms with E-state index in [0.717, 1.165) is 27.5 Å². The van der Waals surface area contributed by atoms with Crippen LogP contribution in [0.4, 0.5) is 0 Å². The third kappa shape index (κ3) is 3.33. The molecule has 4 heteroatoms. The minimum Gasteiger partial charge on any atom is -0.331 e. The topological polar surface area (TPSA) is 20.7 Å². The normalized spacial score (nSPS) is 12.3. The van der Waals surface area contributed by atoms with Gasteiger partial charge in [0.05, 0.1) is 11.7 Å². The van der Waals surface area contributed by atoms with Crippen LogP contribution in [0.1, 0.15) is 36.1 Å². The average Bonchev–Trinajstić information content (AvgIpc) is 2.93. The van der Waals surface area contributed by atoms with Gasteiger partial charge in [0.15, 0.2) is 4.77 Å². The van der Waals surface area contributed by atoms with Gasteiger partial charge in [-0.15, -0.1) is 0 Å².